The van der Waals surface area contributed by atoms with E-state index < -0.39 is 0 Å². The van der Waals surface area contributed by atoms with E-state index >= 15 is 0 Å². The third-order valence-corrected chi connectivity index (χ3v) is 5.38. The lowest BCUT2D eigenvalue weighted by Crippen LogP contribution is -2.28. The number of aryl methyl sites for hydroxylation is 3. The van der Waals surface area contributed by atoms with E-state index in [1.165, 1.54) is 9.75 Å². The molecule has 3 rings (SSSR count). The molecular formula is C21H25N3OS. The zero-order chi connectivity index (χ0) is 18.7. The molecule has 3 aromatic rings. The number of hydrogen-bond acceptors (Lipinski definition) is 3. The second-order valence-electron chi connectivity index (χ2n) is 6.57. The second-order valence-corrected chi connectivity index (χ2v) is 8.03. The van der Waals surface area contributed by atoms with E-state index in [-0.39, 0.29) is 11.9 Å². The van der Waals surface area contributed by atoms with Crippen LogP contribution in [-0.2, 0) is 6.54 Å². The van der Waals surface area contributed by atoms with Crippen molar-refractivity contribution in [2.45, 2.75) is 46.7 Å². The molecule has 0 aliphatic rings. The summed E-state index contributed by atoms with van der Waals surface area (Å²) in [4.78, 5) is 15.4. The zero-order valence-electron chi connectivity index (χ0n) is 15.7. The van der Waals surface area contributed by atoms with Crippen molar-refractivity contribution in [3.8, 4) is 11.3 Å². The average molecular weight is 368 g/mol. The third-order valence-electron chi connectivity index (χ3n) is 4.41. The molecule has 1 amide bonds. The van der Waals surface area contributed by atoms with E-state index in [2.05, 4.69) is 32.2 Å². The minimum Gasteiger partial charge on any atom is -0.344 e. The highest BCUT2D eigenvalue weighted by Crippen LogP contribution is 2.30. The maximum Gasteiger partial charge on any atom is 0.270 e. The van der Waals surface area contributed by atoms with Gasteiger partial charge in [-0.05, 0) is 44.9 Å². The molecule has 1 N–H and O–H groups in total. The van der Waals surface area contributed by atoms with Crippen molar-refractivity contribution in [2.75, 3.05) is 0 Å². The van der Waals surface area contributed by atoms with Gasteiger partial charge in [0.25, 0.3) is 5.91 Å². The van der Waals surface area contributed by atoms with Crippen LogP contribution in [-0.4, -0.2) is 15.7 Å². The Labute approximate surface area is 158 Å². The fourth-order valence-corrected chi connectivity index (χ4v) is 4.03. The molecule has 0 radical (unpaired) electrons. The van der Waals surface area contributed by atoms with Gasteiger partial charge < -0.3 is 5.32 Å². The molecule has 0 aliphatic carbocycles. The van der Waals surface area contributed by atoms with Gasteiger partial charge in [-0.1, -0.05) is 37.3 Å². The minimum atomic E-state index is -0.0850. The van der Waals surface area contributed by atoms with Crippen LogP contribution in [0.15, 0.2) is 42.5 Å². The van der Waals surface area contributed by atoms with E-state index in [1.807, 2.05) is 48.0 Å². The molecular weight excluding hydrogens is 342 g/mol. The Hall–Kier alpha value is -2.40. The molecule has 5 heteroatoms. The van der Waals surface area contributed by atoms with Crippen molar-refractivity contribution < 1.29 is 4.79 Å². The van der Waals surface area contributed by atoms with Gasteiger partial charge in [0, 0.05) is 21.9 Å². The number of hydrogen-bond donors (Lipinski definition) is 1. The van der Waals surface area contributed by atoms with E-state index in [4.69, 9.17) is 5.10 Å². The van der Waals surface area contributed by atoms with Crippen molar-refractivity contribution >= 4 is 17.2 Å². The number of amides is 1. The zero-order valence-corrected chi connectivity index (χ0v) is 16.6. The van der Waals surface area contributed by atoms with E-state index in [1.54, 1.807) is 11.3 Å². The van der Waals surface area contributed by atoms with Crippen molar-refractivity contribution in [2.24, 2.45) is 0 Å². The first-order valence-electron chi connectivity index (χ1n) is 9.00. The maximum absolute atomic E-state index is 12.9. The summed E-state index contributed by atoms with van der Waals surface area (Å²) in [6.45, 7) is 9.02. The van der Waals surface area contributed by atoms with Crippen LogP contribution in [0.3, 0.4) is 0 Å². The monoisotopic (exact) mass is 367 g/mol. The standard InChI is InChI=1S/C21H25N3OS/c1-5-11-24-20(13-19(23-24)18-12-14(2)26-16(18)4)21(25)22-15(3)17-9-7-6-8-10-17/h6-10,12-13,15H,5,11H2,1-4H3,(H,22,25)/t15-/m1/s1. The Morgan fingerprint density at radius 3 is 2.58 bits per heavy atom. The second kappa shape index (κ2) is 7.87. The fraction of sp³-hybridized carbons (Fsp3) is 0.333. The Morgan fingerprint density at radius 2 is 1.96 bits per heavy atom. The average Bonchev–Trinajstić information content (AvgIpc) is 3.18. The van der Waals surface area contributed by atoms with Gasteiger partial charge >= 0.3 is 0 Å². The van der Waals surface area contributed by atoms with Crippen LogP contribution in [0, 0.1) is 13.8 Å². The van der Waals surface area contributed by atoms with Gasteiger partial charge in [0.15, 0.2) is 0 Å². The molecule has 0 unspecified atom stereocenters. The molecule has 0 fully saturated rings. The number of aromatic nitrogens is 2. The Balaban J connectivity index is 1.88. The summed E-state index contributed by atoms with van der Waals surface area (Å²) < 4.78 is 1.83. The summed E-state index contributed by atoms with van der Waals surface area (Å²) in [7, 11) is 0. The largest absolute Gasteiger partial charge is 0.344 e. The number of nitrogens with zero attached hydrogens (tertiary/aromatic N) is 2. The lowest BCUT2D eigenvalue weighted by Gasteiger charge is -2.14. The normalized spacial score (nSPS) is 12.2. The molecule has 26 heavy (non-hydrogen) atoms. The smallest absolute Gasteiger partial charge is 0.270 e. The molecule has 0 aliphatic heterocycles. The van der Waals surface area contributed by atoms with Gasteiger partial charge in [0.1, 0.15) is 5.69 Å². The Kier molecular flexibility index (Phi) is 5.57. The van der Waals surface area contributed by atoms with Crippen LogP contribution in [0.4, 0.5) is 0 Å². The first-order valence-corrected chi connectivity index (χ1v) is 9.82. The summed E-state index contributed by atoms with van der Waals surface area (Å²) in [5, 5.41) is 7.81. The lowest BCUT2D eigenvalue weighted by molar-refractivity contribution is 0.0928. The van der Waals surface area contributed by atoms with Gasteiger partial charge in [0.05, 0.1) is 11.7 Å². The van der Waals surface area contributed by atoms with E-state index in [0.29, 0.717) is 5.69 Å². The van der Waals surface area contributed by atoms with Crippen molar-refractivity contribution in [3.05, 3.63) is 63.5 Å². The van der Waals surface area contributed by atoms with Crippen LogP contribution < -0.4 is 5.32 Å². The van der Waals surface area contributed by atoms with Crippen molar-refractivity contribution in [3.63, 3.8) is 0 Å². The van der Waals surface area contributed by atoms with Gasteiger partial charge in [-0.2, -0.15) is 5.10 Å². The highest BCUT2D eigenvalue weighted by molar-refractivity contribution is 7.12. The summed E-state index contributed by atoms with van der Waals surface area (Å²) in [6.07, 6.45) is 0.928. The van der Waals surface area contributed by atoms with Crippen LogP contribution in [0.1, 0.15) is 52.1 Å². The number of carbonyl (C=O) groups excluding carboxylic acids is 1. The predicted octanol–water partition coefficient (Wildman–Crippen LogP) is 5.13. The van der Waals surface area contributed by atoms with Crippen LogP contribution >= 0.6 is 11.3 Å². The summed E-state index contributed by atoms with van der Waals surface area (Å²) >= 11 is 1.76. The lowest BCUT2D eigenvalue weighted by atomic mass is 10.1. The molecule has 0 bridgehead atoms. The van der Waals surface area contributed by atoms with Crippen LogP contribution in [0.5, 0.6) is 0 Å². The predicted molar refractivity (Wildman–Crippen MR) is 108 cm³/mol. The summed E-state index contributed by atoms with van der Waals surface area (Å²) in [6, 6.07) is 14.0. The van der Waals surface area contributed by atoms with Gasteiger partial charge in [-0.25, -0.2) is 0 Å². The highest BCUT2D eigenvalue weighted by atomic mass is 32.1. The first-order chi connectivity index (χ1) is 12.5. The molecule has 136 valence electrons. The SMILES string of the molecule is CCCn1nc(-c2cc(C)sc2C)cc1C(=O)N[C@H](C)c1ccccc1. The quantitative estimate of drug-likeness (QED) is 0.656. The molecule has 0 saturated heterocycles. The number of carbonyl (C=O) groups is 1. The van der Waals surface area contributed by atoms with E-state index in [0.717, 1.165) is 29.8 Å². The molecule has 1 aromatic carbocycles. The third kappa shape index (κ3) is 3.88. The number of benzene rings is 1. The fourth-order valence-electron chi connectivity index (χ4n) is 3.09. The van der Waals surface area contributed by atoms with Gasteiger partial charge in [0.2, 0.25) is 0 Å². The van der Waals surface area contributed by atoms with E-state index in [9.17, 15) is 4.79 Å². The molecule has 2 heterocycles. The molecule has 4 nitrogen and oxygen atoms in total. The molecule has 2 aromatic heterocycles. The molecule has 0 spiro atoms. The van der Waals surface area contributed by atoms with Crippen molar-refractivity contribution in [1.29, 1.82) is 0 Å². The first kappa shape index (κ1) is 18.4. The number of rotatable bonds is 6. The molecule has 0 saturated carbocycles. The number of thiophene rings is 1. The van der Waals surface area contributed by atoms with Crippen LogP contribution in [0.25, 0.3) is 11.3 Å². The maximum atomic E-state index is 12.9. The minimum absolute atomic E-state index is 0.0535. The highest BCUT2D eigenvalue weighted by Gasteiger charge is 2.19. The Morgan fingerprint density at radius 1 is 1.23 bits per heavy atom. The van der Waals surface area contributed by atoms with Crippen LogP contribution in [0.2, 0.25) is 0 Å². The van der Waals surface area contributed by atoms with Gasteiger partial charge in [-0.3, -0.25) is 9.48 Å². The topological polar surface area (TPSA) is 46.9 Å². The number of nitrogens with one attached hydrogen (secondary N) is 1. The van der Waals surface area contributed by atoms with Gasteiger partial charge in [-0.15, -0.1) is 11.3 Å². The summed E-state index contributed by atoms with van der Waals surface area (Å²) in [5.41, 5.74) is 3.70. The van der Waals surface area contributed by atoms with Crippen molar-refractivity contribution in [1.82, 2.24) is 15.1 Å². The summed E-state index contributed by atoms with van der Waals surface area (Å²) in [5.74, 6) is -0.0850. The Bertz CT molecular complexity index is 895. The molecule has 1 atom stereocenters.